The number of pyridine rings is 1. The van der Waals surface area contributed by atoms with Crippen LogP contribution in [0.4, 0.5) is 29.3 Å². The molecule has 1 saturated heterocycles. The summed E-state index contributed by atoms with van der Waals surface area (Å²) in [6, 6.07) is 5.65. The highest BCUT2D eigenvalue weighted by molar-refractivity contribution is 8.00. The molecule has 160 valence electrons. The lowest BCUT2D eigenvalue weighted by Crippen LogP contribution is -2.35. The standard InChI is InChI=1S/C20H21F3N4O2S/c1-11(2)25-16-10-24-9-8-15(16)12(3)17-18(28)27(19(29)26-17)13-4-6-14(7-5-13)30-20(21,22)23/h4-12,17,25H,1-3H3,(H,26,29). The summed E-state index contributed by atoms with van der Waals surface area (Å²) in [5, 5.41) is 5.97. The molecule has 2 N–H and O–H groups in total. The third-order valence-electron chi connectivity index (χ3n) is 4.59. The third-order valence-corrected chi connectivity index (χ3v) is 5.33. The number of rotatable bonds is 6. The van der Waals surface area contributed by atoms with E-state index in [1.54, 1.807) is 18.5 Å². The summed E-state index contributed by atoms with van der Waals surface area (Å²) in [5.74, 6) is -0.813. The fourth-order valence-electron chi connectivity index (χ4n) is 3.29. The molecule has 2 aromatic rings. The number of imide groups is 1. The molecule has 0 saturated carbocycles. The quantitative estimate of drug-likeness (QED) is 0.503. The average Bonchev–Trinajstić information content (AvgIpc) is 2.95. The van der Waals surface area contributed by atoms with Crippen LogP contribution < -0.4 is 15.5 Å². The Hall–Kier alpha value is -2.75. The Kier molecular flexibility index (Phi) is 6.25. The zero-order chi connectivity index (χ0) is 22.1. The van der Waals surface area contributed by atoms with Crippen molar-refractivity contribution in [3.63, 3.8) is 0 Å². The molecule has 1 fully saturated rings. The molecule has 0 aliphatic carbocycles. The first kappa shape index (κ1) is 21.9. The molecular formula is C20H21F3N4O2S. The number of benzene rings is 1. The Bertz CT molecular complexity index is 934. The third kappa shape index (κ3) is 4.86. The van der Waals surface area contributed by atoms with Crippen LogP contribution in [-0.4, -0.2) is 34.5 Å². The summed E-state index contributed by atoms with van der Waals surface area (Å²) in [4.78, 5) is 30.5. The van der Waals surface area contributed by atoms with E-state index in [9.17, 15) is 22.8 Å². The number of anilines is 2. The second-order valence-electron chi connectivity index (χ2n) is 7.19. The fourth-order valence-corrected chi connectivity index (χ4v) is 3.83. The number of nitrogens with zero attached hydrogens (tertiary/aromatic N) is 2. The molecule has 3 amide bonds. The molecule has 0 spiro atoms. The van der Waals surface area contributed by atoms with Gasteiger partial charge in [-0.2, -0.15) is 13.2 Å². The second-order valence-corrected chi connectivity index (χ2v) is 8.33. The van der Waals surface area contributed by atoms with Crippen LogP contribution >= 0.6 is 11.8 Å². The highest BCUT2D eigenvalue weighted by atomic mass is 32.2. The van der Waals surface area contributed by atoms with Gasteiger partial charge in [-0.05, 0) is 61.5 Å². The predicted octanol–water partition coefficient (Wildman–Crippen LogP) is 4.74. The topological polar surface area (TPSA) is 74.3 Å². The van der Waals surface area contributed by atoms with Crippen LogP contribution in [0.1, 0.15) is 32.3 Å². The monoisotopic (exact) mass is 438 g/mol. The van der Waals surface area contributed by atoms with E-state index in [0.717, 1.165) is 16.2 Å². The molecule has 6 nitrogen and oxygen atoms in total. The number of amides is 3. The van der Waals surface area contributed by atoms with Crippen LogP contribution in [0, 0.1) is 0 Å². The molecule has 1 aromatic heterocycles. The molecule has 3 rings (SSSR count). The summed E-state index contributed by atoms with van der Waals surface area (Å²) in [6.07, 6.45) is 3.29. The first-order valence-electron chi connectivity index (χ1n) is 9.27. The summed E-state index contributed by atoms with van der Waals surface area (Å²) in [7, 11) is 0. The van der Waals surface area contributed by atoms with Crippen molar-refractivity contribution >= 4 is 35.1 Å². The minimum absolute atomic E-state index is 0.0237. The van der Waals surface area contributed by atoms with Gasteiger partial charge in [0.05, 0.1) is 17.6 Å². The molecule has 2 unspecified atom stereocenters. The summed E-state index contributed by atoms with van der Waals surface area (Å²) in [5.41, 5.74) is -2.59. The van der Waals surface area contributed by atoms with Crippen molar-refractivity contribution in [2.24, 2.45) is 0 Å². The van der Waals surface area contributed by atoms with E-state index >= 15 is 0 Å². The van der Waals surface area contributed by atoms with E-state index < -0.39 is 23.5 Å². The van der Waals surface area contributed by atoms with Gasteiger partial charge in [0.15, 0.2) is 0 Å². The number of nitrogens with one attached hydrogen (secondary N) is 2. The van der Waals surface area contributed by atoms with Crippen molar-refractivity contribution in [2.75, 3.05) is 10.2 Å². The lowest BCUT2D eigenvalue weighted by Gasteiger charge is -2.22. The summed E-state index contributed by atoms with van der Waals surface area (Å²) in [6.45, 7) is 5.79. The zero-order valence-electron chi connectivity index (χ0n) is 16.5. The summed E-state index contributed by atoms with van der Waals surface area (Å²) >= 11 is -0.254. The van der Waals surface area contributed by atoms with Gasteiger partial charge in [-0.1, -0.05) is 6.92 Å². The predicted molar refractivity (Wildman–Crippen MR) is 110 cm³/mol. The minimum Gasteiger partial charge on any atom is -0.381 e. The Morgan fingerprint density at radius 2 is 1.80 bits per heavy atom. The van der Waals surface area contributed by atoms with Crippen LogP contribution in [0.3, 0.4) is 0 Å². The Balaban J connectivity index is 1.81. The molecule has 1 aliphatic rings. The van der Waals surface area contributed by atoms with Crippen molar-refractivity contribution in [3.8, 4) is 0 Å². The molecule has 0 bridgehead atoms. The smallest absolute Gasteiger partial charge is 0.381 e. The zero-order valence-corrected chi connectivity index (χ0v) is 17.3. The Morgan fingerprint density at radius 1 is 1.13 bits per heavy atom. The molecule has 10 heteroatoms. The number of halogens is 3. The van der Waals surface area contributed by atoms with Gasteiger partial charge >= 0.3 is 11.5 Å². The van der Waals surface area contributed by atoms with Gasteiger partial charge in [-0.15, -0.1) is 0 Å². The van der Waals surface area contributed by atoms with E-state index in [0.29, 0.717) is 0 Å². The van der Waals surface area contributed by atoms with Crippen molar-refractivity contribution in [1.29, 1.82) is 0 Å². The van der Waals surface area contributed by atoms with Gasteiger partial charge in [-0.25, -0.2) is 9.69 Å². The van der Waals surface area contributed by atoms with Crippen molar-refractivity contribution in [2.45, 2.75) is 49.2 Å². The van der Waals surface area contributed by atoms with Gasteiger partial charge in [0.25, 0.3) is 5.91 Å². The van der Waals surface area contributed by atoms with Crippen LogP contribution in [-0.2, 0) is 4.79 Å². The van der Waals surface area contributed by atoms with E-state index in [2.05, 4.69) is 15.6 Å². The fraction of sp³-hybridized carbons (Fsp3) is 0.350. The van der Waals surface area contributed by atoms with Crippen LogP contribution in [0.2, 0.25) is 0 Å². The van der Waals surface area contributed by atoms with E-state index in [4.69, 9.17) is 0 Å². The van der Waals surface area contributed by atoms with E-state index in [-0.39, 0.29) is 34.3 Å². The first-order chi connectivity index (χ1) is 14.1. The largest absolute Gasteiger partial charge is 0.446 e. The molecule has 2 atom stereocenters. The van der Waals surface area contributed by atoms with Crippen LogP contribution in [0.25, 0.3) is 0 Å². The lowest BCUT2D eigenvalue weighted by atomic mass is 9.92. The first-order valence-corrected chi connectivity index (χ1v) is 10.1. The van der Waals surface area contributed by atoms with Crippen LogP contribution in [0.5, 0.6) is 0 Å². The maximum atomic E-state index is 13.0. The second kappa shape index (κ2) is 8.55. The van der Waals surface area contributed by atoms with Gasteiger partial charge in [-0.3, -0.25) is 9.78 Å². The number of thioether (sulfide) groups is 1. The Labute approximate surface area is 176 Å². The molecule has 1 aliphatic heterocycles. The van der Waals surface area contributed by atoms with Crippen molar-refractivity contribution < 1.29 is 22.8 Å². The average molecular weight is 438 g/mol. The maximum Gasteiger partial charge on any atom is 0.446 e. The van der Waals surface area contributed by atoms with Crippen LogP contribution in [0.15, 0.2) is 47.6 Å². The van der Waals surface area contributed by atoms with Crippen molar-refractivity contribution in [1.82, 2.24) is 10.3 Å². The van der Waals surface area contributed by atoms with Gasteiger partial charge in [0.2, 0.25) is 0 Å². The highest BCUT2D eigenvalue weighted by Crippen LogP contribution is 2.38. The summed E-state index contributed by atoms with van der Waals surface area (Å²) < 4.78 is 37.5. The van der Waals surface area contributed by atoms with E-state index in [1.807, 2.05) is 20.8 Å². The molecular weight excluding hydrogens is 417 g/mol. The number of carbonyl (C=O) groups is 2. The highest BCUT2D eigenvalue weighted by Gasteiger charge is 2.42. The lowest BCUT2D eigenvalue weighted by molar-refractivity contribution is -0.118. The molecule has 0 radical (unpaired) electrons. The van der Waals surface area contributed by atoms with Crippen molar-refractivity contribution in [3.05, 3.63) is 48.3 Å². The number of carbonyl (C=O) groups excluding carboxylic acids is 2. The number of hydrogen-bond acceptors (Lipinski definition) is 5. The molecule has 30 heavy (non-hydrogen) atoms. The number of alkyl halides is 3. The number of hydrogen-bond donors (Lipinski definition) is 2. The minimum atomic E-state index is -4.41. The van der Waals surface area contributed by atoms with E-state index in [1.165, 1.54) is 24.3 Å². The number of urea groups is 1. The normalized spacial score (nSPS) is 18.0. The number of aromatic nitrogens is 1. The molecule has 1 aromatic carbocycles. The molecule has 2 heterocycles. The van der Waals surface area contributed by atoms with Gasteiger partial charge in [0.1, 0.15) is 6.04 Å². The maximum absolute atomic E-state index is 13.0. The van der Waals surface area contributed by atoms with Gasteiger partial charge < -0.3 is 10.6 Å². The Morgan fingerprint density at radius 3 is 2.40 bits per heavy atom. The van der Waals surface area contributed by atoms with Gasteiger partial charge in [0, 0.05) is 23.1 Å². The SMILES string of the molecule is CC(C)Nc1cnccc1C(C)C1NC(=O)N(c2ccc(SC(F)(F)F)cc2)C1=O.